The molecule has 0 spiro atoms. The summed E-state index contributed by atoms with van der Waals surface area (Å²) in [5.41, 5.74) is 13.8. The van der Waals surface area contributed by atoms with E-state index in [4.69, 9.17) is 24.9 Å². The second kappa shape index (κ2) is 14.7. The summed E-state index contributed by atoms with van der Waals surface area (Å²) in [5.74, 6) is 3.39. The van der Waals surface area contributed by atoms with Crippen molar-refractivity contribution in [2.45, 2.75) is 51.9 Å². The van der Waals surface area contributed by atoms with E-state index < -0.39 is 0 Å². The minimum absolute atomic E-state index is 0.218. The first-order valence-electron chi connectivity index (χ1n) is 19.3. The standard InChI is InChI=1S/C49H43N5/c1-32-18-19-37-27-38(31-44(43(37)26-32)39-28-40(45-16-8-10-24-50-45)30-41(29-39)46-17-9-11-25-51-46)34-20-22-36(23-21-34)48-52-47(35-13-4-3-5-14-35)53-49(54-48)42-15-7-6-12-33(42)2/h3-5,8-11,13-20,22-25,27-34H,6-7,12,21,26H2,1-2H3. The Labute approximate surface area is 318 Å². The number of hydrogen-bond donors (Lipinski definition) is 0. The highest BCUT2D eigenvalue weighted by Crippen LogP contribution is 2.41. The Morgan fingerprint density at radius 3 is 2.00 bits per heavy atom. The first-order chi connectivity index (χ1) is 26.6. The highest BCUT2D eigenvalue weighted by Gasteiger charge is 2.24. The number of benzene rings is 3. The van der Waals surface area contributed by atoms with E-state index in [0.29, 0.717) is 11.8 Å². The van der Waals surface area contributed by atoms with Crippen LogP contribution >= 0.6 is 0 Å². The maximum Gasteiger partial charge on any atom is 0.164 e. The van der Waals surface area contributed by atoms with Crippen LogP contribution in [0.25, 0.3) is 62.3 Å². The lowest BCUT2D eigenvalue weighted by Gasteiger charge is -2.25. The number of nitrogens with zero attached hydrogens (tertiary/aromatic N) is 5. The van der Waals surface area contributed by atoms with Crippen molar-refractivity contribution in [1.82, 2.24) is 24.9 Å². The number of rotatable bonds is 7. The number of allylic oxidation sites excluding steroid dienone is 7. The molecule has 3 heterocycles. The first kappa shape index (κ1) is 33.7. The maximum absolute atomic E-state index is 5.11. The molecule has 3 unspecified atom stereocenters. The van der Waals surface area contributed by atoms with Crippen molar-refractivity contribution in [2.24, 2.45) is 11.8 Å². The third kappa shape index (κ3) is 6.90. The molecular formula is C49H43N5. The number of pyridine rings is 2. The molecule has 0 bridgehead atoms. The summed E-state index contributed by atoms with van der Waals surface area (Å²) in [6.45, 7) is 4.59. The van der Waals surface area contributed by atoms with Gasteiger partial charge in [0.15, 0.2) is 17.5 Å². The van der Waals surface area contributed by atoms with E-state index in [1.807, 2.05) is 42.7 Å². The van der Waals surface area contributed by atoms with E-state index in [1.165, 1.54) is 39.8 Å². The molecule has 9 rings (SSSR count). The lowest BCUT2D eigenvalue weighted by molar-refractivity contribution is 0.596. The fourth-order valence-electron chi connectivity index (χ4n) is 8.10. The molecule has 264 valence electrons. The SMILES string of the molecule is CC1C=Cc2cc(C3C=CC(c4nc(C5=CCCCC5C)nc(-c5ccccc5)n4)=CC3)cc(-c3cc(-c4ccccn4)cc(-c4ccccn4)c3)c2C1. The summed E-state index contributed by atoms with van der Waals surface area (Å²) in [6, 6.07) is 34.1. The average molecular weight is 702 g/mol. The third-order valence-electron chi connectivity index (χ3n) is 11.1. The molecular weight excluding hydrogens is 659 g/mol. The van der Waals surface area contributed by atoms with Crippen LogP contribution in [0.3, 0.4) is 0 Å². The smallest absolute Gasteiger partial charge is 0.164 e. The summed E-state index contributed by atoms with van der Waals surface area (Å²) in [4.78, 5) is 24.6. The lowest BCUT2D eigenvalue weighted by Crippen LogP contribution is -2.11. The van der Waals surface area contributed by atoms with Crippen LogP contribution < -0.4 is 0 Å². The topological polar surface area (TPSA) is 64.5 Å². The number of fused-ring (bicyclic) bond motifs is 1. The van der Waals surface area contributed by atoms with E-state index in [1.54, 1.807) is 0 Å². The van der Waals surface area contributed by atoms with Gasteiger partial charge in [-0.05, 0) is 120 Å². The Morgan fingerprint density at radius 1 is 0.611 bits per heavy atom. The Kier molecular flexibility index (Phi) is 9.22. The molecule has 0 saturated carbocycles. The second-order valence-electron chi connectivity index (χ2n) is 14.9. The van der Waals surface area contributed by atoms with Crippen molar-refractivity contribution >= 4 is 17.2 Å². The molecule has 5 nitrogen and oxygen atoms in total. The Morgan fingerprint density at radius 2 is 1.31 bits per heavy atom. The van der Waals surface area contributed by atoms with Crippen LogP contribution in [0.5, 0.6) is 0 Å². The van der Waals surface area contributed by atoms with E-state index >= 15 is 0 Å². The van der Waals surface area contributed by atoms with Crippen LogP contribution in [0.2, 0.25) is 0 Å². The van der Waals surface area contributed by atoms with Crippen molar-refractivity contribution in [3.8, 4) is 45.0 Å². The molecule has 3 aromatic heterocycles. The van der Waals surface area contributed by atoms with Crippen LogP contribution in [0.1, 0.15) is 73.8 Å². The molecule has 3 aliphatic carbocycles. The minimum atomic E-state index is 0.218. The fraction of sp³-hybridized carbons (Fsp3) is 0.204. The summed E-state index contributed by atoms with van der Waals surface area (Å²) in [7, 11) is 0. The van der Waals surface area contributed by atoms with Crippen molar-refractivity contribution in [3.63, 3.8) is 0 Å². The summed E-state index contributed by atoms with van der Waals surface area (Å²) in [5, 5.41) is 0. The molecule has 0 aliphatic heterocycles. The maximum atomic E-state index is 5.11. The Bertz CT molecular complexity index is 2390. The summed E-state index contributed by atoms with van der Waals surface area (Å²) >= 11 is 0. The Balaban J connectivity index is 1.10. The van der Waals surface area contributed by atoms with Crippen LogP contribution in [0.15, 0.2) is 140 Å². The molecule has 0 N–H and O–H groups in total. The predicted octanol–water partition coefficient (Wildman–Crippen LogP) is 11.9. The lowest BCUT2D eigenvalue weighted by atomic mass is 9.80. The van der Waals surface area contributed by atoms with Crippen LogP contribution in [-0.4, -0.2) is 24.9 Å². The van der Waals surface area contributed by atoms with Gasteiger partial charge in [0, 0.05) is 40.6 Å². The highest BCUT2D eigenvalue weighted by atomic mass is 15.0. The zero-order valence-corrected chi connectivity index (χ0v) is 30.9. The normalized spacial score (nSPS) is 19.2. The van der Waals surface area contributed by atoms with Crippen molar-refractivity contribution in [1.29, 1.82) is 0 Å². The van der Waals surface area contributed by atoms with Gasteiger partial charge in [-0.25, -0.2) is 15.0 Å². The van der Waals surface area contributed by atoms with Gasteiger partial charge >= 0.3 is 0 Å². The molecule has 5 heteroatoms. The largest absolute Gasteiger partial charge is 0.256 e. The van der Waals surface area contributed by atoms with Gasteiger partial charge in [0.2, 0.25) is 0 Å². The summed E-state index contributed by atoms with van der Waals surface area (Å²) < 4.78 is 0. The van der Waals surface area contributed by atoms with Gasteiger partial charge in [0.1, 0.15) is 0 Å². The van der Waals surface area contributed by atoms with Gasteiger partial charge in [0.25, 0.3) is 0 Å². The van der Waals surface area contributed by atoms with Crippen LogP contribution in [0, 0.1) is 11.8 Å². The molecule has 3 atom stereocenters. The molecule has 0 amide bonds. The monoisotopic (exact) mass is 701 g/mol. The van der Waals surface area contributed by atoms with Crippen molar-refractivity contribution in [2.75, 3.05) is 0 Å². The quantitative estimate of drug-likeness (QED) is 0.166. The fourth-order valence-corrected chi connectivity index (χ4v) is 8.10. The molecule has 3 aliphatic rings. The van der Waals surface area contributed by atoms with E-state index in [-0.39, 0.29) is 5.92 Å². The van der Waals surface area contributed by atoms with Crippen LogP contribution in [0.4, 0.5) is 0 Å². The van der Waals surface area contributed by atoms with Crippen molar-refractivity contribution < 1.29 is 0 Å². The Hall–Kier alpha value is -6.07. The molecule has 6 aromatic rings. The van der Waals surface area contributed by atoms with E-state index in [0.717, 1.165) is 76.8 Å². The number of aromatic nitrogens is 5. The summed E-state index contributed by atoms with van der Waals surface area (Å²) in [6.07, 6.45) is 22.9. The van der Waals surface area contributed by atoms with Crippen LogP contribution in [-0.2, 0) is 6.42 Å². The third-order valence-corrected chi connectivity index (χ3v) is 11.1. The van der Waals surface area contributed by atoms with Gasteiger partial charge in [-0.3, -0.25) is 9.97 Å². The first-order valence-corrected chi connectivity index (χ1v) is 19.3. The van der Waals surface area contributed by atoms with Gasteiger partial charge in [-0.1, -0.05) is 105 Å². The second-order valence-corrected chi connectivity index (χ2v) is 14.9. The zero-order valence-electron chi connectivity index (χ0n) is 30.9. The molecule has 0 fully saturated rings. The zero-order chi connectivity index (χ0) is 36.4. The molecule has 0 saturated heterocycles. The molecule has 3 aromatic carbocycles. The minimum Gasteiger partial charge on any atom is -0.256 e. The van der Waals surface area contributed by atoms with Gasteiger partial charge in [-0.15, -0.1) is 0 Å². The van der Waals surface area contributed by atoms with Gasteiger partial charge < -0.3 is 0 Å². The highest BCUT2D eigenvalue weighted by molar-refractivity contribution is 5.83. The van der Waals surface area contributed by atoms with Gasteiger partial charge in [0.05, 0.1) is 11.4 Å². The van der Waals surface area contributed by atoms with E-state index in [2.05, 4.69) is 117 Å². The molecule has 0 radical (unpaired) electrons. The number of hydrogen-bond acceptors (Lipinski definition) is 5. The average Bonchev–Trinajstić information content (AvgIpc) is 3.24. The van der Waals surface area contributed by atoms with Gasteiger partial charge in [-0.2, -0.15) is 0 Å². The van der Waals surface area contributed by atoms with Crippen molar-refractivity contribution in [3.05, 3.63) is 168 Å². The molecule has 54 heavy (non-hydrogen) atoms. The van der Waals surface area contributed by atoms with E-state index in [9.17, 15) is 0 Å². The predicted molar refractivity (Wildman–Crippen MR) is 221 cm³/mol.